The van der Waals surface area contributed by atoms with Gasteiger partial charge in [0.1, 0.15) is 5.75 Å². The third kappa shape index (κ3) is 6.08. The van der Waals surface area contributed by atoms with Gasteiger partial charge in [0.25, 0.3) is 5.91 Å². The maximum absolute atomic E-state index is 12.6. The molecule has 0 saturated carbocycles. The maximum atomic E-state index is 12.6. The van der Waals surface area contributed by atoms with Crippen LogP contribution < -0.4 is 14.8 Å². The summed E-state index contributed by atoms with van der Waals surface area (Å²) in [5.41, 5.74) is 0.881. The van der Waals surface area contributed by atoms with Gasteiger partial charge in [0, 0.05) is 12.1 Å². The Balaban J connectivity index is 2.04. The van der Waals surface area contributed by atoms with Crippen LogP contribution in [0.25, 0.3) is 0 Å². The maximum Gasteiger partial charge on any atom is 0.260 e. The third-order valence-corrected chi connectivity index (χ3v) is 5.44. The van der Waals surface area contributed by atoms with Gasteiger partial charge >= 0.3 is 0 Å². The van der Waals surface area contributed by atoms with Crippen LogP contribution in [0.15, 0.2) is 59.5 Å². The van der Waals surface area contributed by atoms with Gasteiger partial charge in [-0.3, -0.25) is 4.79 Å². The first-order chi connectivity index (χ1) is 12.7. The summed E-state index contributed by atoms with van der Waals surface area (Å²) in [6.07, 6.45) is -0.675. The molecular weight excluding hydrogens is 364 g/mol. The van der Waals surface area contributed by atoms with E-state index in [2.05, 4.69) is 10.0 Å². The number of amides is 1. The first-order valence-corrected chi connectivity index (χ1v) is 10.3. The van der Waals surface area contributed by atoms with Gasteiger partial charge in [0.2, 0.25) is 10.0 Å². The quantitative estimate of drug-likeness (QED) is 0.726. The van der Waals surface area contributed by atoms with Gasteiger partial charge in [-0.15, -0.1) is 0 Å². The van der Waals surface area contributed by atoms with Crippen molar-refractivity contribution in [3.63, 3.8) is 0 Å². The normalized spacial score (nSPS) is 13.8. The highest BCUT2D eigenvalue weighted by molar-refractivity contribution is 7.89. The van der Waals surface area contributed by atoms with Crippen molar-refractivity contribution in [1.29, 1.82) is 0 Å². The molecule has 0 aliphatic heterocycles. The number of carbonyl (C=O) groups is 1. The largest absolute Gasteiger partial charge is 0.481 e. The monoisotopic (exact) mass is 390 g/mol. The van der Waals surface area contributed by atoms with Crippen molar-refractivity contribution in [2.24, 2.45) is 0 Å². The minimum atomic E-state index is -3.67. The fourth-order valence-corrected chi connectivity index (χ4v) is 3.70. The SMILES string of the molecule is CC(C)NC(=O)[C@@H](C)Oc1ccc(S(=O)(=O)N[C@@H](C)c2ccccc2)cc1. The van der Waals surface area contributed by atoms with Crippen LogP contribution in [0.1, 0.15) is 39.3 Å². The van der Waals surface area contributed by atoms with Crippen LogP contribution in [0.3, 0.4) is 0 Å². The minimum absolute atomic E-state index is 0.0220. The van der Waals surface area contributed by atoms with E-state index in [4.69, 9.17) is 4.74 Å². The Morgan fingerprint density at radius 1 is 0.926 bits per heavy atom. The molecule has 0 bridgehead atoms. The van der Waals surface area contributed by atoms with Crippen molar-refractivity contribution >= 4 is 15.9 Å². The second-order valence-corrected chi connectivity index (χ2v) is 8.36. The van der Waals surface area contributed by atoms with Gasteiger partial charge in [-0.1, -0.05) is 30.3 Å². The van der Waals surface area contributed by atoms with E-state index in [9.17, 15) is 13.2 Å². The van der Waals surface area contributed by atoms with Gasteiger partial charge in [0.15, 0.2) is 6.10 Å². The summed E-state index contributed by atoms with van der Waals surface area (Å²) >= 11 is 0. The fraction of sp³-hybridized carbons (Fsp3) is 0.350. The van der Waals surface area contributed by atoms with Crippen LogP contribution in [0, 0.1) is 0 Å². The zero-order valence-corrected chi connectivity index (χ0v) is 16.8. The van der Waals surface area contributed by atoms with Crippen LogP contribution in [-0.2, 0) is 14.8 Å². The lowest BCUT2D eigenvalue weighted by Gasteiger charge is -2.17. The first kappa shape index (κ1) is 20.9. The lowest BCUT2D eigenvalue weighted by Crippen LogP contribution is -2.40. The van der Waals surface area contributed by atoms with Crippen LogP contribution in [0.4, 0.5) is 0 Å². The van der Waals surface area contributed by atoms with Crippen molar-refractivity contribution in [2.45, 2.75) is 50.8 Å². The molecule has 2 rings (SSSR count). The van der Waals surface area contributed by atoms with Crippen LogP contribution in [-0.4, -0.2) is 26.5 Å². The fourth-order valence-electron chi connectivity index (χ4n) is 2.47. The van der Waals surface area contributed by atoms with E-state index in [0.717, 1.165) is 5.56 Å². The Labute approximate surface area is 161 Å². The van der Waals surface area contributed by atoms with E-state index in [0.29, 0.717) is 5.75 Å². The molecule has 0 aliphatic rings. The summed E-state index contributed by atoms with van der Waals surface area (Å²) in [5, 5.41) is 2.77. The minimum Gasteiger partial charge on any atom is -0.481 e. The molecule has 2 N–H and O–H groups in total. The number of nitrogens with one attached hydrogen (secondary N) is 2. The molecule has 27 heavy (non-hydrogen) atoms. The standard InChI is InChI=1S/C20H26N2O4S/c1-14(2)21-20(23)16(4)26-18-10-12-19(13-11-18)27(24,25)22-15(3)17-8-6-5-7-9-17/h5-16,22H,1-4H3,(H,21,23)/t15-,16+/m0/s1. The summed E-state index contributed by atoms with van der Waals surface area (Å²) in [4.78, 5) is 12.0. The lowest BCUT2D eigenvalue weighted by molar-refractivity contribution is -0.127. The zero-order chi connectivity index (χ0) is 20.0. The van der Waals surface area contributed by atoms with Crippen molar-refractivity contribution in [2.75, 3.05) is 0 Å². The average molecular weight is 391 g/mol. The highest BCUT2D eigenvalue weighted by Gasteiger charge is 2.19. The predicted molar refractivity (Wildman–Crippen MR) is 105 cm³/mol. The Morgan fingerprint density at radius 2 is 1.52 bits per heavy atom. The van der Waals surface area contributed by atoms with E-state index in [1.165, 1.54) is 12.1 Å². The van der Waals surface area contributed by atoms with E-state index in [1.54, 1.807) is 26.0 Å². The molecule has 0 spiro atoms. The first-order valence-electron chi connectivity index (χ1n) is 8.83. The van der Waals surface area contributed by atoms with Crippen molar-refractivity contribution in [1.82, 2.24) is 10.0 Å². The molecule has 0 aromatic heterocycles. The van der Waals surface area contributed by atoms with E-state index in [1.807, 2.05) is 44.2 Å². The molecule has 2 aromatic carbocycles. The summed E-state index contributed by atoms with van der Waals surface area (Å²) in [5.74, 6) is 0.205. The average Bonchev–Trinajstić information content (AvgIpc) is 2.62. The number of hydrogen-bond acceptors (Lipinski definition) is 4. The van der Waals surface area contributed by atoms with Crippen LogP contribution in [0.5, 0.6) is 5.75 Å². The molecule has 2 atom stereocenters. The molecule has 146 valence electrons. The Kier molecular flexibility index (Phi) is 6.98. The van der Waals surface area contributed by atoms with Gasteiger partial charge in [0.05, 0.1) is 4.90 Å². The molecule has 7 heteroatoms. The van der Waals surface area contributed by atoms with Gasteiger partial charge < -0.3 is 10.1 Å². The van der Waals surface area contributed by atoms with E-state index < -0.39 is 16.1 Å². The summed E-state index contributed by atoms with van der Waals surface area (Å²) in [6, 6.07) is 15.0. The van der Waals surface area contributed by atoms with E-state index >= 15 is 0 Å². The number of rotatable bonds is 8. The lowest BCUT2D eigenvalue weighted by atomic mass is 10.1. The van der Waals surface area contributed by atoms with Crippen molar-refractivity contribution in [3.8, 4) is 5.75 Å². The summed E-state index contributed by atoms with van der Waals surface area (Å²) < 4.78 is 33.3. The van der Waals surface area contributed by atoms with Crippen LogP contribution in [0.2, 0.25) is 0 Å². The number of hydrogen-bond donors (Lipinski definition) is 2. The number of benzene rings is 2. The Hall–Kier alpha value is -2.38. The molecule has 0 fully saturated rings. The van der Waals surface area contributed by atoms with Crippen molar-refractivity contribution < 1.29 is 17.9 Å². The molecule has 0 unspecified atom stereocenters. The smallest absolute Gasteiger partial charge is 0.260 e. The van der Waals surface area contributed by atoms with Crippen molar-refractivity contribution in [3.05, 3.63) is 60.2 Å². The predicted octanol–water partition coefficient (Wildman–Crippen LogP) is 3.02. The van der Waals surface area contributed by atoms with Gasteiger partial charge in [-0.25, -0.2) is 13.1 Å². The molecular formula is C20H26N2O4S. The Bertz CT molecular complexity index is 849. The van der Waals surface area contributed by atoms with Crippen LogP contribution >= 0.6 is 0 Å². The number of carbonyl (C=O) groups excluding carboxylic acids is 1. The summed E-state index contributed by atoms with van der Waals surface area (Å²) in [7, 11) is -3.67. The van der Waals surface area contributed by atoms with Gasteiger partial charge in [-0.2, -0.15) is 0 Å². The highest BCUT2D eigenvalue weighted by atomic mass is 32.2. The zero-order valence-electron chi connectivity index (χ0n) is 16.0. The number of ether oxygens (including phenoxy) is 1. The second kappa shape index (κ2) is 9.01. The summed E-state index contributed by atoms with van der Waals surface area (Å²) in [6.45, 7) is 7.17. The molecule has 0 heterocycles. The molecule has 0 saturated heterocycles. The molecule has 2 aromatic rings. The topological polar surface area (TPSA) is 84.5 Å². The second-order valence-electron chi connectivity index (χ2n) is 6.65. The molecule has 0 aliphatic carbocycles. The molecule has 0 radical (unpaired) electrons. The number of sulfonamides is 1. The van der Waals surface area contributed by atoms with E-state index in [-0.39, 0.29) is 22.9 Å². The third-order valence-electron chi connectivity index (χ3n) is 3.88. The van der Waals surface area contributed by atoms with Gasteiger partial charge in [-0.05, 0) is 57.5 Å². The highest BCUT2D eigenvalue weighted by Crippen LogP contribution is 2.20. The molecule has 6 nitrogen and oxygen atoms in total. The molecule has 1 amide bonds. The Morgan fingerprint density at radius 3 is 2.07 bits per heavy atom.